The maximum atomic E-state index is 6.68. The first-order valence-electron chi connectivity index (χ1n) is 6.05. The minimum absolute atomic E-state index is 0.668. The van der Waals surface area contributed by atoms with Gasteiger partial charge in [0.05, 0.1) is 0 Å². The van der Waals surface area contributed by atoms with Crippen LogP contribution in [0.3, 0.4) is 0 Å². The van der Waals surface area contributed by atoms with Crippen LogP contribution in [0.5, 0.6) is 0 Å². The molecule has 0 saturated heterocycles. The van der Waals surface area contributed by atoms with Crippen LogP contribution < -0.4 is 3.61 Å². The minimum atomic E-state index is -3.23. The molecular formula is C16H11Cl3Te. The first-order chi connectivity index (χ1) is 9.59. The van der Waals surface area contributed by atoms with Crippen molar-refractivity contribution in [3.05, 3.63) is 75.4 Å². The van der Waals surface area contributed by atoms with E-state index in [1.165, 1.54) is 0 Å². The van der Waals surface area contributed by atoms with Gasteiger partial charge in [0.25, 0.3) is 0 Å². The molecule has 0 saturated carbocycles. The molecule has 0 spiro atoms. The Morgan fingerprint density at radius 1 is 0.900 bits per heavy atom. The van der Waals surface area contributed by atoms with Gasteiger partial charge in [-0.25, -0.2) is 0 Å². The molecule has 0 N–H and O–H groups in total. The number of rotatable bonds is 2. The number of fused-ring (bicyclic) bond motifs is 1. The third kappa shape index (κ3) is 2.67. The van der Waals surface area contributed by atoms with Crippen molar-refractivity contribution >= 4 is 60.2 Å². The van der Waals surface area contributed by atoms with Gasteiger partial charge in [-0.2, -0.15) is 0 Å². The standard InChI is InChI=1S/C16H11Cl3Te/c17-15(12-6-2-1-3-7-12)11-14-10-13-8-4-5-9-16(13)20(14,18)19/h1-11H/b15-11-. The van der Waals surface area contributed by atoms with Crippen molar-refractivity contribution in [1.82, 2.24) is 0 Å². The summed E-state index contributed by atoms with van der Waals surface area (Å²) in [5.74, 6) is 0. The second-order valence-corrected chi connectivity index (χ2v) is 17.4. The topological polar surface area (TPSA) is 0 Å². The summed E-state index contributed by atoms with van der Waals surface area (Å²) >= 11 is 3.16. The average Bonchev–Trinajstić information content (AvgIpc) is 2.72. The zero-order valence-corrected chi connectivity index (χ0v) is 15.0. The summed E-state index contributed by atoms with van der Waals surface area (Å²) in [4.78, 5) is 0. The predicted molar refractivity (Wildman–Crippen MR) is 91.8 cm³/mol. The van der Waals surface area contributed by atoms with Crippen molar-refractivity contribution in [2.75, 3.05) is 0 Å². The van der Waals surface area contributed by atoms with Gasteiger partial charge >= 0.3 is 136 Å². The molecule has 0 radical (unpaired) electrons. The van der Waals surface area contributed by atoms with E-state index >= 15 is 0 Å². The zero-order chi connectivity index (χ0) is 14.2. The van der Waals surface area contributed by atoms with Crippen LogP contribution in [0.25, 0.3) is 11.1 Å². The second kappa shape index (κ2) is 5.76. The van der Waals surface area contributed by atoms with Crippen LogP contribution in [0.4, 0.5) is 0 Å². The summed E-state index contributed by atoms with van der Waals surface area (Å²) in [7, 11) is 13.4. The van der Waals surface area contributed by atoms with E-state index in [1.54, 1.807) is 0 Å². The molecule has 0 bridgehead atoms. The van der Waals surface area contributed by atoms with Crippen LogP contribution in [0.2, 0.25) is 0 Å². The number of benzene rings is 2. The molecule has 102 valence electrons. The van der Waals surface area contributed by atoms with Crippen molar-refractivity contribution in [3.63, 3.8) is 0 Å². The Morgan fingerprint density at radius 3 is 2.25 bits per heavy atom. The molecule has 0 aliphatic carbocycles. The Hall–Kier alpha value is -0.420. The molecule has 3 rings (SSSR count). The molecule has 20 heavy (non-hydrogen) atoms. The number of halogens is 3. The van der Waals surface area contributed by atoms with Gasteiger partial charge in [0.1, 0.15) is 0 Å². The first-order valence-corrected chi connectivity index (χ1v) is 14.7. The summed E-state index contributed by atoms with van der Waals surface area (Å²) in [6, 6.07) is 17.8. The molecule has 0 amide bonds. The van der Waals surface area contributed by atoms with Crippen molar-refractivity contribution in [2.45, 2.75) is 0 Å². The van der Waals surface area contributed by atoms with Gasteiger partial charge in [0.15, 0.2) is 0 Å². The fourth-order valence-electron chi connectivity index (χ4n) is 2.11. The molecule has 1 aliphatic heterocycles. The molecular weight excluding hydrogens is 426 g/mol. The Labute approximate surface area is 135 Å². The van der Waals surface area contributed by atoms with Gasteiger partial charge in [-0.1, -0.05) is 0 Å². The fourth-order valence-corrected chi connectivity index (χ4v) is 9.82. The van der Waals surface area contributed by atoms with Gasteiger partial charge in [0.2, 0.25) is 0 Å². The SMILES string of the molecule is Cl/C(=C\C1=Cc2ccccc2[Te]1(Cl)Cl)c1ccccc1. The molecule has 1 heterocycles. The number of hydrogen-bond donors (Lipinski definition) is 0. The van der Waals surface area contributed by atoms with Crippen molar-refractivity contribution in [3.8, 4) is 0 Å². The van der Waals surface area contributed by atoms with Crippen molar-refractivity contribution in [2.24, 2.45) is 0 Å². The summed E-state index contributed by atoms with van der Waals surface area (Å²) in [5.41, 5.74) is 2.08. The molecule has 2 aromatic carbocycles. The summed E-state index contributed by atoms with van der Waals surface area (Å²) in [6.07, 6.45) is 3.97. The maximum absolute atomic E-state index is 6.68. The Kier molecular flexibility index (Phi) is 4.18. The monoisotopic (exact) mass is 438 g/mol. The summed E-state index contributed by atoms with van der Waals surface area (Å²) < 4.78 is 2.06. The van der Waals surface area contributed by atoms with E-state index in [2.05, 4.69) is 6.08 Å². The summed E-state index contributed by atoms with van der Waals surface area (Å²) in [6.45, 7) is 0. The van der Waals surface area contributed by atoms with E-state index in [0.29, 0.717) is 5.03 Å². The molecule has 0 unspecified atom stereocenters. The third-order valence-corrected chi connectivity index (χ3v) is 13.1. The molecule has 4 heteroatoms. The van der Waals surface area contributed by atoms with Crippen LogP contribution in [-0.2, 0) is 0 Å². The molecule has 0 atom stereocenters. The zero-order valence-electron chi connectivity index (χ0n) is 10.4. The van der Waals surface area contributed by atoms with E-state index in [4.69, 9.17) is 29.5 Å². The molecule has 0 aromatic heterocycles. The van der Waals surface area contributed by atoms with Gasteiger partial charge in [-0.15, -0.1) is 0 Å². The second-order valence-electron chi connectivity index (χ2n) is 4.41. The van der Waals surface area contributed by atoms with Crippen molar-refractivity contribution in [1.29, 1.82) is 0 Å². The Morgan fingerprint density at radius 2 is 1.55 bits per heavy atom. The Bertz CT molecular complexity index is 703. The Balaban J connectivity index is 2.01. The van der Waals surface area contributed by atoms with Crippen LogP contribution in [0.1, 0.15) is 11.1 Å². The van der Waals surface area contributed by atoms with E-state index < -0.39 is 15.9 Å². The van der Waals surface area contributed by atoms with E-state index in [1.807, 2.05) is 60.7 Å². The normalized spacial score (nSPS) is 18.4. The van der Waals surface area contributed by atoms with Gasteiger partial charge in [-0.3, -0.25) is 0 Å². The molecule has 2 aromatic rings. The molecule has 1 aliphatic rings. The average molecular weight is 437 g/mol. The third-order valence-electron chi connectivity index (χ3n) is 3.11. The van der Waals surface area contributed by atoms with Crippen LogP contribution >= 0.6 is 29.5 Å². The van der Waals surface area contributed by atoms with Crippen LogP contribution in [0.15, 0.2) is 64.3 Å². The van der Waals surface area contributed by atoms with E-state index in [9.17, 15) is 0 Å². The fraction of sp³-hybridized carbons (Fsp3) is 0. The van der Waals surface area contributed by atoms with E-state index in [-0.39, 0.29) is 0 Å². The number of allylic oxidation sites excluding steroid dienone is 2. The predicted octanol–water partition coefficient (Wildman–Crippen LogP) is 5.03. The van der Waals surface area contributed by atoms with E-state index in [0.717, 1.165) is 18.4 Å². The van der Waals surface area contributed by atoms with Crippen molar-refractivity contribution < 1.29 is 0 Å². The van der Waals surface area contributed by atoms with Gasteiger partial charge < -0.3 is 0 Å². The van der Waals surface area contributed by atoms with Gasteiger partial charge in [0, 0.05) is 0 Å². The van der Waals surface area contributed by atoms with Gasteiger partial charge in [-0.05, 0) is 0 Å². The molecule has 0 fully saturated rings. The first kappa shape index (κ1) is 14.5. The number of hydrogen-bond acceptors (Lipinski definition) is 0. The molecule has 0 nitrogen and oxygen atoms in total. The van der Waals surface area contributed by atoms with Crippen LogP contribution in [0, 0.1) is 0 Å². The quantitative estimate of drug-likeness (QED) is 0.579. The van der Waals surface area contributed by atoms with Crippen LogP contribution in [-0.4, -0.2) is 15.9 Å². The summed E-state index contributed by atoms with van der Waals surface area (Å²) in [5, 5.41) is 0.668.